The Kier molecular flexibility index (Phi) is 7.31. The zero-order valence-electron chi connectivity index (χ0n) is 16.8. The number of amides is 1. The highest BCUT2D eigenvalue weighted by Crippen LogP contribution is 2.30. The van der Waals surface area contributed by atoms with Crippen LogP contribution >= 0.6 is 0 Å². The number of benzene rings is 2. The zero-order chi connectivity index (χ0) is 20.7. The Balaban J connectivity index is 1.72. The van der Waals surface area contributed by atoms with Gasteiger partial charge in [-0.1, -0.05) is 80.1 Å². The number of aryl methyl sites for hydroxylation is 1. The highest BCUT2D eigenvalue weighted by atomic mass is 32.2. The van der Waals surface area contributed by atoms with E-state index >= 15 is 0 Å². The third-order valence-electron chi connectivity index (χ3n) is 5.49. The van der Waals surface area contributed by atoms with Crippen LogP contribution in [0.4, 0.5) is 4.79 Å². The van der Waals surface area contributed by atoms with Gasteiger partial charge in [0.25, 0.3) is 0 Å². The molecule has 0 spiro atoms. The van der Waals surface area contributed by atoms with Gasteiger partial charge in [0.15, 0.2) is 9.84 Å². The summed E-state index contributed by atoms with van der Waals surface area (Å²) in [4.78, 5) is 12.6. The molecule has 1 saturated carbocycles. The van der Waals surface area contributed by atoms with E-state index in [-0.39, 0.29) is 11.5 Å². The van der Waals surface area contributed by atoms with Crippen LogP contribution in [0.5, 0.6) is 0 Å². The highest BCUT2D eigenvalue weighted by molar-refractivity contribution is 7.92. The molecule has 5 nitrogen and oxygen atoms in total. The topological polar surface area (TPSA) is 72.5 Å². The summed E-state index contributed by atoms with van der Waals surface area (Å²) in [5, 5.41) is 1.65. The van der Waals surface area contributed by atoms with Crippen molar-refractivity contribution in [3.8, 4) is 0 Å². The predicted molar refractivity (Wildman–Crippen MR) is 113 cm³/mol. The lowest BCUT2D eigenvalue weighted by molar-refractivity contribution is 0.137. The molecular weight excluding hydrogens is 386 g/mol. The van der Waals surface area contributed by atoms with Gasteiger partial charge in [-0.05, 0) is 37.0 Å². The van der Waals surface area contributed by atoms with E-state index in [1.54, 1.807) is 24.3 Å². The molecule has 1 aliphatic rings. The maximum absolute atomic E-state index is 13.3. The number of hydrogen-bond donors (Lipinski definition) is 1. The molecule has 1 amide bonds. The highest BCUT2D eigenvalue weighted by Gasteiger charge is 2.32. The molecule has 0 aromatic heterocycles. The number of carbonyl (C=O) groups excluding carboxylic acids is 1. The van der Waals surface area contributed by atoms with Crippen molar-refractivity contribution < 1.29 is 17.9 Å². The maximum atomic E-state index is 13.3. The summed E-state index contributed by atoms with van der Waals surface area (Å²) in [5.74, 6) is 0.295. The summed E-state index contributed by atoms with van der Waals surface area (Å²) >= 11 is 0. The van der Waals surface area contributed by atoms with Gasteiger partial charge in [0, 0.05) is 0 Å². The quantitative estimate of drug-likeness (QED) is 0.691. The van der Waals surface area contributed by atoms with E-state index < -0.39 is 21.3 Å². The van der Waals surface area contributed by atoms with E-state index in [0.717, 1.165) is 36.8 Å². The van der Waals surface area contributed by atoms with Crippen LogP contribution < -0.4 is 5.32 Å². The van der Waals surface area contributed by atoms with Gasteiger partial charge in [0.2, 0.25) is 0 Å². The van der Waals surface area contributed by atoms with Gasteiger partial charge >= 0.3 is 6.09 Å². The standard InChI is InChI=1S/C23H29NO4S/c1-18-12-14-21(15-13-18)29(26,27)22(16-19-8-4-2-5-9-19)24-23(25)28-17-20-10-6-3-7-11-20/h3,6-7,10-15,19,22H,2,4-5,8-9,16-17H2,1H3,(H,24,25). The molecule has 1 atom stereocenters. The van der Waals surface area contributed by atoms with Crippen molar-refractivity contribution in [2.45, 2.75) is 62.3 Å². The summed E-state index contributed by atoms with van der Waals surface area (Å²) in [5.41, 5.74) is 1.84. The molecule has 0 radical (unpaired) electrons. The number of nitrogens with one attached hydrogen (secondary N) is 1. The van der Waals surface area contributed by atoms with E-state index in [2.05, 4.69) is 5.32 Å². The molecule has 6 heteroatoms. The van der Waals surface area contributed by atoms with Crippen LogP contribution in [0.1, 0.15) is 49.7 Å². The number of rotatable bonds is 7. The van der Waals surface area contributed by atoms with Crippen molar-refractivity contribution in [1.82, 2.24) is 5.32 Å². The first-order valence-electron chi connectivity index (χ1n) is 10.2. The molecule has 1 fully saturated rings. The van der Waals surface area contributed by atoms with Crippen molar-refractivity contribution in [2.24, 2.45) is 5.92 Å². The summed E-state index contributed by atoms with van der Waals surface area (Å²) in [6.45, 7) is 2.02. The number of ether oxygens (including phenoxy) is 1. The molecule has 1 unspecified atom stereocenters. The first-order chi connectivity index (χ1) is 13.9. The lowest BCUT2D eigenvalue weighted by atomic mass is 9.87. The molecule has 156 valence electrons. The Labute approximate surface area is 173 Å². The smallest absolute Gasteiger partial charge is 0.408 e. The van der Waals surface area contributed by atoms with Crippen molar-refractivity contribution in [1.29, 1.82) is 0 Å². The predicted octanol–water partition coefficient (Wildman–Crippen LogP) is 4.99. The van der Waals surface area contributed by atoms with Crippen LogP contribution in [0, 0.1) is 12.8 Å². The fraction of sp³-hybridized carbons (Fsp3) is 0.435. The second-order valence-electron chi connectivity index (χ2n) is 7.79. The molecule has 1 aliphatic carbocycles. The third-order valence-corrected chi connectivity index (χ3v) is 7.48. The van der Waals surface area contributed by atoms with Gasteiger partial charge < -0.3 is 10.1 Å². The molecule has 1 N–H and O–H groups in total. The zero-order valence-corrected chi connectivity index (χ0v) is 17.7. The van der Waals surface area contributed by atoms with Gasteiger partial charge in [0.1, 0.15) is 12.0 Å². The lowest BCUT2D eigenvalue weighted by Gasteiger charge is -2.27. The van der Waals surface area contributed by atoms with Crippen LogP contribution in [0.15, 0.2) is 59.5 Å². The van der Waals surface area contributed by atoms with Crippen LogP contribution in [0.3, 0.4) is 0 Å². The van der Waals surface area contributed by atoms with E-state index in [1.807, 2.05) is 37.3 Å². The van der Waals surface area contributed by atoms with E-state index in [9.17, 15) is 13.2 Å². The van der Waals surface area contributed by atoms with Crippen LogP contribution in [0.2, 0.25) is 0 Å². The van der Waals surface area contributed by atoms with Gasteiger partial charge in [-0.25, -0.2) is 13.2 Å². The minimum atomic E-state index is -3.71. The van der Waals surface area contributed by atoms with Crippen LogP contribution in [0.25, 0.3) is 0 Å². The van der Waals surface area contributed by atoms with Gasteiger partial charge in [-0.2, -0.15) is 0 Å². The third kappa shape index (κ3) is 6.07. The van der Waals surface area contributed by atoms with Gasteiger partial charge in [0.05, 0.1) is 4.90 Å². The number of alkyl carbamates (subject to hydrolysis) is 1. The fourth-order valence-corrected chi connectivity index (χ4v) is 5.40. The Morgan fingerprint density at radius 1 is 1.03 bits per heavy atom. The van der Waals surface area contributed by atoms with Crippen molar-refractivity contribution in [2.75, 3.05) is 0 Å². The molecule has 0 heterocycles. The van der Waals surface area contributed by atoms with Crippen molar-refractivity contribution in [3.63, 3.8) is 0 Å². The minimum Gasteiger partial charge on any atom is -0.445 e. The Morgan fingerprint density at radius 2 is 1.69 bits per heavy atom. The second-order valence-corrected chi connectivity index (χ2v) is 9.92. The van der Waals surface area contributed by atoms with E-state index in [0.29, 0.717) is 12.3 Å². The summed E-state index contributed by atoms with van der Waals surface area (Å²) in [6.07, 6.45) is 5.13. The molecule has 2 aromatic carbocycles. The summed E-state index contributed by atoms with van der Waals surface area (Å²) in [6, 6.07) is 16.1. The summed E-state index contributed by atoms with van der Waals surface area (Å²) in [7, 11) is -3.71. The molecule has 0 aliphatic heterocycles. The molecule has 2 aromatic rings. The van der Waals surface area contributed by atoms with Crippen LogP contribution in [-0.2, 0) is 21.2 Å². The monoisotopic (exact) mass is 415 g/mol. The number of carbonyl (C=O) groups is 1. The van der Waals surface area contributed by atoms with E-state index in [4.69, 9.17) is 4.74 Å². The lowest BCUT2D eigenvalue weighted by Crippen LogP contribution is -2.42. The molecular formula is C23H29NO4S. The molecule has 3 rings (SSSR count). The van der Waals surface area contributed by atoms with Gasteiger partial charge in [-0.3, -0.25) is 0 Å². The first kappa shape index (κ1) is 21.4. The largest absolute Gasteiger partial charge is 0.445 e. The molecule has 29 heavy (non-hydrogen) atoms. The van der Waals surface area contributed by atoms with Gasteiger partial charge in [-0.15, -0.1) is 0 Å². The van der Waals surface area contributed by atoms with Crippen molar-refractivity contribution in [3.05, 3.63) is 65.7 Å². The first-order valence-corrected chi connectivity index (χ1v) is 11.8. The van der Waals surface area contributed by atoms with Crippen molar-refractivity contribution >= 4 is 15.9 Å². The normalized spacial score (nSPS) is 16.2. The SMILES string of the molecule is Cc1ccc(S(=O)(=O)C(CC2CCCCC2)NC(=O)OCc2ccccc2)cc1. The Morgan fingerprint density at radius 3 is 2.34 bits per heavy atom. The molecule has 0 saturated heterocycles. The average molecular weight is 416 g/mol. The fourth-order valence-electron chi connectivity index (χ4n) is 3.78. The Hall–Kier alpha value is -2.34. The maximum Gasteiger partial charge on any atom is 0.408 e. The number of hydrogen-bond acceptors (Lipinski definition) is 4. The second kappa shape index (κ2) is 9.92. The average Bonchev–Trinajstić information content (AvgIpc) is 2.73. The minimum absolute atomic E-state index is 0.105. The Bertz CT molecular complexity index is 888. The van der Waals surface area contributed by atoms with E-state index in [1.165, 1.54) is 6.42 Å². The molecule has 0 bridgehead atoms. The number of sulfone groups is 1. The summed E-state index contributed by atoms with van der Waals surface area (Å²) < 4.78 is 31.8. The van der Waals surface area contributed by atoms with Crippen LogP contribution in [-0.4, -0.2) is 19.9 Å².